The van der Waals surface area contributed by atoms with Crippen molar-refractivity contribution in [3.8, 4) is 11.5 Å². The van der Waals surface area contributed by atoms with Crippen molar-refractivity contribution in [2.45, 2.75) is 19.5 Å². The van der Waals surface area contributed by atoms with Crippen LogP contribution in [0.1, 0.15) is 16.8 Å². The van der Waals surface area contributed by atoms with E-state index in [0.29, 0.717) is 16.6 Å². The van der Waals surface area contributed by atoms with E-state index in [9.17, 15) is 4.79 Å². The molecule has 0 atom stereocenters. The van der Waals surface area contributed by atoms with E-state index in [1.54, 1.807) is 19.2 Å². The van der Waals surface area contributed by atoms with Crippen LogP contribution in [0.15, 0.2) is 53.9 Å². The first-order valence-corrected chi connectivity index (χ1v) is 10.4. The fourth-order valence-electron chi connectivity index (χ4n) is 3.39. The topological polar surface area (TPSA) is 63.7 Å². The van der Waals surface area contributed by atoms with Gasteiger partial charge in [-0.3, -0.25) is 15.0 Å². The average molecular weight is 446 g/mol. The second-order valence-electron chi connectivity index (χ2n) is 6.86. The van der Waals surface area contributed by atoms with Crippen LogP contribution in [0.4, 0.5) is 5.13 Å². The zero-order valence-electron chi connectivity index (χ0n) is 16.7. The molecule has 30 heavy (non-hydrogen) atoms. The van der Waals surface area contributed by atoms with E-state index in [1.807, 2.05) is 17.5 Å². The summed E-state index contributed by atoms with van der Waals surface area (Å²) in [5.74, 6) is 0.888. The molecule has 6 nitrogen and oxygen atoms in total. The van der Waals surface area contributed by atoms with E-state index in [0.717, 1.165) is 31.7 Å². The van der Waals surface area contributed by atoms with Crippen LogP contribution in [-0.4, -0.2) is 36.1 Å². The molecule has 0 aliphatic carbocycles. The second-order valence-corrected chi connectivity index (χ2v) is 7.72. The maximum Gasteiger partial charge on any atom is 0.264 e. The lowest BCUT2D eigenvalue weighted by molar-refractivity contribution is -0.118. The molecule has 1 aromatic heterocycles. The Morgan fingerprint density at radius 1 is 1.13 bits per heavy atom. The van der Waals surface area contributed by atoms with Crippen molar-refractivity contribution in [2.75, 3.05) is 25.6 Å². The number of rotatable bonds is 7. The molecule has 1 aliphatic heterocycles. The molecule has 2 heterocycles. The van der Waals surface area contributed by atoms with Crippen LogP contribution in [0.3, 0.4) is 0 Å². The molecule has 0 bridgehead atoms. The van der Waals surface area contributed by atoms with Crippen LogP contribution in [0.25, 0.3) is 0 Å². The van der Waals surface area contributed by atoms with Gasteiger partial charge in [0.15, 0.2) is 23.2 Å². The second kappa shape index (κ2) is 10.4. The summed E-state index contributed by atoms with van der Waals surface area (Å²) in [6.45, 7) is 2.63. The third-order valence-corrected chi connectivity index (χ3v) is 5.63. The smallest absolute Gasteiger partial charge is 0.264 e. The van der Waals surface area contributed by atoms with E-state index >= 15 is 0 Å². The van der Waals surface area contributed by atoms with Crippen LogP contribution < -0.4 is 14.8 Å². The Hall–Kier alpha value is -2.61. The fourth-order valence-corrected chi connectivity index (χ4v) is 4.11. The number of benzene rings is 2. The van der Waals surface area contributed by atoms with Crippen LogP contribution in [0, 0.1) is 0 Å². The van der Waals surface area contributed by atoms with Gasteiger partial charge in [-0.2, -0.15) is 0 Å². The van der Waals surface area contributed by atoms with Gasteiger partial charge >= 0.3 is 0 Å². The minimum Gasteiger partial charge on any atom is -0.493 e. The van der Waals surface area contributed by atoms with Gasteiger partial charge in [-0.15, -0.1) is 23.7 Å². The Bertz CT molecular complexity index is 995. The highest BCUT2D eigenvalue weighted by Crippen LogP contribution is 2.26. The SMILES string of the molecule is COc1ccccc1OCC(=O)Nc1nc(CN2CCc3ccccc3C2)cs1.Cl. The van der Waals surface area contributed by atoms with E-state index in [4.69, 9.17) is 9.47 Å². The van der Waals surface area contributed by atoms with Gasteiger partial charge in [0.05, 0.1) is 12.8 Å². The molecule has 0 saturated carbocycles. The summed E-state index contributed by atoms with van der Waals surface area (Å²) >= 11 is 1.43. The lowest BCUT2D eigenvalue weighted by Crippen LogP contribution is -2.30. The highest BCUT2D eigenvalue weighted by Gasteiger charge is 2.17. The summed E-state index contributed by atoms with van der Waals surface area (Å²) in [7, 11) is 1.57. The number of ether oxygens (including phenoxy) is 2. The molecular weight excluding hydrogens is 422 g/mol. The molecule has 1 amide bonds. The van der Waals surface area contributed by atoms with Crippen molar-refractivity contribution in [1.29, 1.82) is 0 Å². The lowest BCUT2D eigenvalue weighted by Gasteiger charge is -2.27. The van der Waals surface area contributed by atoms with Crippen molar-refractivity contribution in [3.63, 3.8) is 0 Å². The number of fused-ring (bicyclic) bond motifs is 1. The molecule has 4 rings (SSSR count). The van der Waals surface area contributed by atoms with Gasteiger partial charge in [0, 0.05) is 25.0 Å². The number of hydrogen-bond acceptors (Lipinski definition) is 6. The quantitative estimate of drug-likeness (QED) is 0.592. The van der Waals surface area contributed by atoms with Gasteiger partial charge in [0.2, 0.25) is 0 Å². The summed E-state index contributed by atoms with van der Waals surface area (Å²) in [6, 6.07) is 15.8. The number of thiazole rings is 1. The molecule has 0 spiro atoms. The van der Waals surface area contributed by atoms with Gasteiger partial charge in [-0.25, -0.2) is 4.98 Å². The van der Waals surface area contributed by atoms with Crippen molar-refractivity contribution in [1.82, 2.24) is 9.88 Å². The number of halogens is 1. The highest BCUT2D eigenvalue weighted by molar-refractivity contribution is 7.13. The van der Waals surface area contributed by atoms with E-state index < -0.39 is 0 Å². The van der Waals surface area contributed by atoms with Crippen molar-refractivity contribution in [3.05, 3.63) is 70.7 Å². The van der Waals surface area contributed by atoms with Gasteiger partial charge in [0.1, 0.15) is 0 Å². The maximum atomic E-state index is 12.2. The van der Waals surface area contributed by atoms with Gasteiger partial charge in [-0.1, -0.05) is 36.4 Å². The maximum absolute atomic E-state index is 12.2. The standard InChI is InChI=1S/C22H23N3O3S.ClH/c1-27-19-8-4-5-9-20(19)28-14-21(26)24-22-23-18(15-29-22)13-25-11-10-16-6-2-3-7-17(16)12-25;/h2-9,15H,10-14H2,1H3,(H,23,24,26);1H. The van der Waals surface area contributed by atoms with Crippen LogP contribution in [0.2, 0.25) is 0 Å². The van der Waals surface area contributed by atoms with Gasteiger partial charge < -0.3 is 9.47 Å². The summed E-state index contributed by atoms with van der Waals surface area (Å²) in [5.41, 5.74) is 3.79. The van der Waals surface area contributed by atoms with E-state index in [-0.39, 0.29) is 24.9 Å². The number of hydrogen-bond donors (Lipinski definition) is 1. The van der Waals surface area contributed by atoms with Gasteiger partial charge in [-0.05, 0) is 29.7 Å². The molecule has 2 aromatic carbocycles. The number of carbonyl (C=O) groups is 1. The predicted molar refractivity (Wildman–Crippen MR) is 121 cm³/mol. The molecule has 0 fully saturated rings. The monoisotopic (exact) mass is 445 g/mol. The number of methoxy groups -OCH3 is 1. The van der Waals surface area contributed by atoms with Crippen molar-refractivity contribution >= 4 is 34.8 Å². The lowest BCUT2D eigenvalue weighted by atomic mass is 10.00. The molecule has 0 saturated heterocycles. The molecule has 1 N–H and O–H groups in total. The normalized spacial score (nSPS) is 13.1. The summed E-state index contributed by atoms with van der Waals surface area (Å²) < 4.78 is 10.8. The van der Waals surface area contributed by atoms with Crippen molar-refractivity contribution in [2.24, 2.45) is 0 Å². The Labute approximate surface area is 186 Å². The third-order valence-electron chi connectivity index (χ3n) is 4.82. The first kappa shape index (κ1) is 22.1. The number of aromatic nitrogens is 1. The van der Waals surface area contributed by atoms with Crippen LogP contribution >= 0.6 is 23.7 Å². The minimum absolute atomic E-state index is 0. The Morgan fingerprint density at radius 2 is 1.87 bits per heavy atom. The Morgan fingerprint density at radius 3 is 2.67 bits per heavy atom. The third kappa shape index (κ3) is 5.50. The van der Waals surface area contributed by atoms with E-state index in [1.165, 1.54) is 22.5 Å². The zero-order valence-corrected chi connectivity index (χ0v) is 18.3. The van der Waals surface area contributed by atoms with Crippen molar-refractivity contribution < 1.29 is 14.3 Å². The van der Waals surface area contributed by atoms with Crippen LogP contribution in [-0.2, 0) is 24.3 Å². The van der Waals surface area contributed by atoms with Gasteiger partial charge in [0.25, 0.3) is 5.91 Å². The number of carbonyl (C=O) groups excluding carboxylic acids is 1. The Kier molecular flexibility index (Phi) is 7.68. The molecule has 8 heteroatoms. The summed E-state index contributed by atoms with van der Waals surface area (Å²) in [6.07, 6.45) is 1.06. The molecule has 3 aromatic rings. The number of nitrogens with zero attached hydrogens (tertiary/aromatic N) is 2. The largest absolute Gasteiger partial charge is 0.493 e. The fraction of sp³-hybridized carbons (Fsp3) is 0.273. The molecule has 0 radical (unpaired) electrons. The molecule has 1 aliphatic rings. The Balaban J connectivity index is 0.00000256. The molecular formula is C22H24ClN3O3S. The molecule has 158 valence electrons. The first-order valence-electron chi connectivity index (χ1n) is 9.50. The summed E-state index contributed by atoms with van der Waals surface area (Å²) in [4.78, 5) is 19.1. The molecule has 0 unspecified atom stereocenters. The number of anilines is 1. The predicted octanol–water partition coefficient (Wildman–Crippen LogP) is 4.15. The number of para-hydroxylation sites is 2. The first-order chi connectivity index (χ1) is 14.2. The van der Waals surface area contributed by atoms with E-state index in [2.05, 4.69) is 39.5 Å². The van der Waals surface area contributed by atoms with Crippen LogP contribution in [0.5, 0.6) is 11.5 Å². The zero-order chi connectivity index (χ0) is 20.1. The average Bonchev–Trinajstić information content (AvgIpc) is 3.19. The number of nitrogens with one attached hydrogen (secondary N) is 1. The number of amides is 1. The summed E-state index contributed by atoms with van der Waals surface area (Å²) in [5, 5.41) is 5.39. The minimum atomic E-state index is -0.247. The highest BCUT2D eigenvalue weighted by atomic mass is 35.5.